The molecule has 7 heteroatoms. The van der Waals surface area contributed by atoms with E-state index < -0.39 is 0 Å². The van der Waals surface area contributed by atoms with Crippen LogP contribution in [0.1, 0.15) is 12.8 Å². The predicted octanol–water partition coefficient (Wildman–Crippen LogP) is 1.56. The smallest absolute Gasteiger partial charge is 0.231 e. The minimum atomic E-state index is -0.0180. The highest BCUT2D eigenvalue weighted by Crippen LogP contribution is 2.29. The molecule has 0 saturated heterocycles. The maximum Gasteiger partial charge on any atom is 0.231 e. The number of amides is 1. The van der Waals surface area contributed by atoms with Gasteiger partial charge in [0.05, 0.1) is 5.52 Å². The minimum absolute atomic E-state index is 0.0180. The molecule has 0 bridgehead atoms. The first-order valence-electron chi connectivity index (χ1n) is 6.76. The molecule has 0 aliphatic heterocycles. The van der Waals surface area contributed by atoms with Crippen molar-refractivity contribution in [1.82, 2.24) is 25.0 Å². The van der Waals surface area contributed by atoms with Gasteiger partial charge >= 0.3 is 0 Å². The molecular formula is C14H12N6O. The fraction of sp³-hybridized carbons (Fsp3) is 0.214. The Morgan fingerprint density at radius 2 is 2.10 bits per heavy atom. The van der Waals surface area contributed by atoms with Gasteiger partial charge in [0.2, 0.25) is 11.9 Å². The SMILES string of the molecule is O=C(Nc1nccc(-n2nnc3ccccc32)n1)C1CC1. The van der Waals surface area contributed by atoms with E-state index in [1.807, 2.05) is 24.3 Å². The van der Waals surface area contributed by atoms with Crippen LogP contribution in [-0.4, -0.2) is 30.9 Å². The van der Waals surface area contributed by atoms with Gasteiger partial charge in [-0.05, 0) is 25.0 Å². The van der Waals surface area contributed by atoms with Crippen LogP contribution in [-0.2, 0) is 4.79 Å². The fourth-order valence-corrected chi connectivity index (χ4v) is 2.12. The Kier molecular flexibility index (Phi) is 2.63. The number of hydrogen-bond donors (Lipinski definition) is 1. The highest BCUT2D eigenvalue weighted by Gasteiger charge is 2.30. The molecule has 0 spiro atoms. The Labute approximate surface area is 120 Å². The largest absolute Gasteiger partial charge is 0.294 e. The van der Waals surface area contributed by atoms with Crippen LogP contribution in [0.5, 0.6) is 0 Å². The number of rotatable bonds is 3. The van der Waals surface area contributed by atoms with E-state index in [9.17, 15) is 4.79 Å². The van der Waals surface area contributed by atoms with E-state index in [1.54, 1.807) is 16.9 Å². The first-order chi connectivity index (χ1) is 10.3. The van der Waals surface area contributed by atoms with Gasteiger partial charge in [-0.1, -0.05) is 17.3 Å². The van der Waals surface area contributed by atoms with Crippen LogP contribution in [0.15, 0.2) is 36.5 Å². The third kappa shape index (κ3) is 2.22. The zero-order valence-corrected chi connectivity index (χ0v) is 11.1. The van der Waals surface area contributed by atoms with Gasteiger partial charge in [-0.2, -0.15) is 9.67 Å². The Morgan fingerprint density at radius 1 is 1.24 bits per heavy atom. The number of nitrogens with one attached hydrogen (secondary N) is 1. The van der Waals surface area contributed by atoms with Gasteiger partial charge in [-0.15, -0.1) is 5.10 Å². The lowest BCUT2D eigenvalue weighted by atomic mass is 10.3. The van der Waals surface area contributed by atoms with Crippen molar-refractivity contribution in [2.75, 3.05) is 5.32 Å². The molecule has 3 aromatic rings. The highest BCUT2D eigenvalue weighted by atomic mass is 16.2. The van der Waals surface area contributed by atoms with Crippen molar-refractivity contribution in [2.45, 2.75) is 12.8 Å². The van der Waals surface area contributed by atoms with Gasteiger partial charge < -0.3 is 0 Å². The third-order valence-electron chi connectivity index (χ3n) is 3.39. The van der Waals surface area contributed by atoms with Crippen molar-refractivity contribution in [3.8, 4) is 5.82 Å². The number of para-hydroxylation sites is 1. The number of carbonyl (C=O) groups excluding carboxylic acids is 1. The van der Waals surface area contributed by atoms with Crippen LogP contribution >= 0.6 is 0 Å². The summed E-state index contributed by atoms with van der Waals surface area (Å²) in [4.78, 5) is 20.2. The quantitative estimate of drug-likeness (QED) is 0.786. The lowest BCUT2D eigenvalue weighted by Gasteiger charge is -2.05. The summed E-state index contributed by atoms with van der Waals surface area (Å²) in [5, 5.41) is 10.9. The summed E-state index contributed by atoms with van der Waals surface area (Å²) in [6.45, 7) is 0. The zero-order valence-electron chi connectivity index (χ0n) is 11.1. The number of anilines is 1. The predicted molar refractivity (Wildman–Crippen MR) is 75.8 cm³/mol. The number of fused-ring (bicyclic) bond motifs is 1. The van der Waals surface area contributed by atoms with Crippen molar-refractivity contribution in [3.05, 3.63) is 36.5 Å². The van der Waals surface area contributed by atoms with E-state index in [-0.39, 0.29) is 11.8 Å². The Hall–Kier alpha value is -2.83. The van der Waals surface area contributed by atoms with E-state index in [4.69, 9.17) is 0 Å². The van der Waals surface area contributed by atoms with E-state index in [2.05, 4.69) is 25.6 Å². The second-order valence-electron chi connectivity index (χ2n) is 4.99. The molecule has 7 nitrogen and oxygen atoms in total. The second-order valence-corrected chi connectivity index (χ2v) is 4.99. The third-order valence-corrected chi connectivity index (χ3v) is 3.39. The summed E-state index contributed by atoms with van der Waals surface area (Å²) in [7, 11) is 0. The van der Waals surface area contributed by atoms with Crippen LogP contribution < -0.4 is 5.32 Å². The molecule has 1 aromatic carbocycles. The monoisotopic (exact) mass is 280 g/mol. The molecule has 4 rings (SSSR count). The van der Waals surface area contributed by atoms with E-state index >= 15 is 0 Å². The normalized spacial score (nSPS) is 14.3. The minimum Gasteiger partial charge on any atom is -0.294 e. The van der Waals surface area contributed by atoms with Gasteiger partial charge in [0.15, 0.2) is 5.82 Å². The highest BCUT2D eigenvalue weighted by molar-refractivity contribution is 5.92. The van der Waals surface area contributed by atoms with Gasteiger partial charge in [0.1, 0.15) is 5.52 Å². The summed E-state index contributed by atoms with van der Waals surface area (Å²) in [5.74, 6) is 0.967. The van der Waals surface area contributed by atoms with Crippen molar-refractivity contribution < 1.29 is 4.79 Å². The molecule has 1 saturated carbocycles. The fourth-order valence-electron chi connectivity index (χ4n) is 2.12. The summed E-state index contributed by atoms with van der Waals surface area (Å²) in [5.41, 5.74) is 1.65. The molecular weight excluding hydrogens is 268 g/mol. The standard InChI is InChI=1S/C14H12N6O/c21-13(9-5-6-9)17-14-15-8-7-12(16-14)20-11-4-2-1-3-10(11)18-19-20/h1-4,7-9H,5-6H2,(H,15,16,17,21). The van der Waals surface area contributed by atoms with Crippen LogP contribution in [0.3, 0.4) is 0 Å². The number of hydrogen-bond acceptors (Lipinski definition) is 5. The summed E-state index contributed by atoms with van der Waals surface area (Å²) in [6, 6.07) is 9.35. The maximum atomic E-state index is 11.8. The molecule has 2 heterocycles. The molecule has 0 atom stereocenters. The summed E-state index contributed by atoms with van der Waals surface area (Å²) >= 11 is 0. The average molecular weight is 280 g/mol. The number of aromatic nitrogens is 5. The van der Waals surface area contributed by atoms with Gasteiger partial charge in [0.25, 0.3) is 0 Å². The Bertz CT molecular complexity index is 823. The lowest BCUT2D eigenvalue weighted by molar-refractivity contribution is -0.117. The number of carbonyl (C=O) groups is 1. The zero-order chi connectivity index (χ0) is 14.2. The summed E-state index contributed by atoms with van der Waals surface area (Å²) in [6.07, 6.45) is 3.49. The van der Waals surface area contributed by atoms with Gasteiger partial charge in [-0.25, -0.2) is 4.98 Å². The molecule has 21 heavy (non-hydrogen) atoms. The molecule has 1 aliphatic rings. The van der Waals surface area contributed by atoms with Gasteiger partial charge in [-0.3, -0.25) is 10.1 Å². The van der Waals surface area contributed by atoms with Crippen molar-refractivity contribution in [3.63, 3.8) is 0 Å². The van der Waals surface area contributed by atoms with Crippen molar-refractivity contribution >= 4 is 22.9 Å². The second kappa shape index (κ2) is 4.62. The molecule has 1 N–H and O–H groups in total. The van der Waals surface area contributed by atoms with Crippen molar-refractivity contribution in [2.24, 2.45) is 5.92 Å². The molecule has 0 unspecified atom stereocenters. The molecule has 1 fully saturated rings. The first kappa shape index (κ1) is 12.0. The molecule has 2 aromatic heterocycles. The molecule has 1 amide bonds. The lowest BCUT2D eigenvalue weighted by Crippen LogP contribution is -2.16. The maximum absolute atomic E-state index is 11.8. The van der Waals surface area contributed by atoms with E-state index in [0.29, 0.717) is 11.8 Å². The average Bonchev–Trinajstić information content (AvgIpc) is 3.27. The first-order valence-corrected chi connectivity index (χ1v) is 6.76. The molecule has 0 radical (unpaired) electrons. The van der Waals surface area contributed by atoms with E-state index in [0.717, 1.165) is 23.9 Å². The van der Waals surface area contributed by atoms with E-state index in [1.165, 1.54) is 0 Å². The molecule has 1 aliphatic carbocycles. The van der Waals surface area contributed by atoms with Crippen LogP contribution in [0.2, 0.25) is 0 Å². The topological polar surface area (TPSA) is 85.6 Å². The van der Waals surface area contributed by atoms with Crippen LogP contribution in [0.4, 0.5) is 5.95 Å². The summed E-state index contributed by atoms with van der Waals surface area (Å²) < 4.78 is 1.63. The van der Waals surface area contributed by atoms with Crippen LogP contribution in [0.25, 0.3) is 16.9 Å². The Balaban J connectivity index is 1.70. The Morgan fingerprint density at radius 3 is 2.95 bits per heavy atom. The van der Waals surface area contributed by atoms with Crippen LogP contribution in [0, 0.1) is 5.92 Å². The van der Waals surface area contributed by atoms with Crippen molar-refractivity contribution in [1.29, 1.82) is 0 Å². The number of nitrogens with zero attached hydrogens (tertiary/aromatic N) is 5. The molecule has 104 valence electrons. The van der Waals surface area contributed by atoms with Gasteiger partial charge in [0, 0.05) is 18.2 Å². The number of benzene rings is 1.